The van der Waals surface area contributed by atoms with Gasteiger partial charge in [0.1, 0.15) is 13.2 Å². The number of fused-ring (bicyclic) bond motifs is 1. The quantitative estimate of drug-likeness (QED) is 0.849. The molecule has 0 bridgehead atoms. The first-order valence-electron chi connectivity index (χ1n) is 8.12. The van der Waals surface area contributed by atoms with E-state index in [4.69, 9.17) is 9.47 Å². The summed E-state index contributed by atoms with van der Waals surface area (Å²) in [6.07, 6.45) is 2.83. The number of pyridine rings is 1. The lowest BCUT2D eigenvalue weighted by molar-refractivity contribution is 0.171. The van der Waals surface area contributed by atoms with E-state index in [1.165, 1.54) is 11.1 Å². The van der Waals surface area contributed by atoms with E-state index in [1.807, 2.05) is 18.3 Å². The van der Waals surface area contributed by atoms with Crippen molar-refractivity contribution in [1.29, 1.82) is 0 Å². The molecule has 0 aliphatic carbocycles. The smallest absolute Gasteiger partial charge is 0.161 e. The van der Waals surface area contributed by atoms with Crippen molar-refractivity contribution in [1.82, 2.24) is 9.88 Å². The zero-order chi connectivity index (χ0) is 16.2. The van der Waals surface area contributed by atoms with Gasteiger partial charge in [0.2, 0.25) is 0 Å². The topological polar surface area (TPSA) is 34.6 Å². The Kier molecular flexibility index (Phi) is 4.82. The number of nitrogens with zero attached hydrogens (tertiary/aromatic N) is 2. The third-order valence-corrected chi connectivity index (χ3v) is 4.27. The molecule has 2 aromatic rings. The van der Waals surface area contributed by atoms with Crippen molar-refractivity contribution >= 4 is 0 Å². The van der Waals surface area contributed by atoms with Gasteiger partial charge in [0.25, 0.3) is 0 Å². The SMILES string of the molecule is Cc1ccnc(CC(C)N(C)Cc2ccc3c(c2)OCCO3)c1. The second-order valence-corrected chi connectivity index (χ2v) is 6.27. The summed E-state index contributed by atoms with van der Waals surface area (Å²) in [5.41, 5.74) is 3.64. The molecule has 0 amide bonds. The molecule has 4 nitrogen and oxygen atoms in total. The lowest BCUT2D eigenvalue weighted by Crippen LogP contribution is -2.30. The highest BCUT2D eigenvalue weighted by atomic mass is 16.6. The minimum Gasteiger partial charge on any atom is -0.486 e. The van der Waals surface area contributed by atoms with E-state index in [-0.39, 0.29) is 0 Å². The van der Waals surface area contributed by atoms with Crippen LogP contribution < -0.4 is 9.47 Å². The number of ether oxygens (including phenoxy) is 2. The Labute approximate surface area is 138 Å². The number of aryl methyl sites for hydroxylation is 1. The van der Waals surface area contributed by atoms with Crippen molar-refractivity contribution in [2.45, 2.75) is 32.9 Å². The zero-order valence-corrected chi connectivity index (χ0v) is 14.1. The van der Waals surface area contributed by atoms with Crippen molar-refractivity contribution in [3.8, 4) is 11.5 Å². The molecule has 0 spiro atoms. The minimum absolute atomic E-state index is 0.414. The molecule has 1 aliphatic heterocycles. The van der Waals surface area contributed by atoms with Crippen LogP contribution in [-0.4, -0.2) is 36.2 Å². The third kappa shape index (κ3) is 4.02. The van der Waals surface area contributed by atoms with Crippen LogP contribution in [0.5, 0.6) is 11.5 Å². The predicted octanol–water partition coefficient (Wildman–Crippen LogP) is 3.22. The summed E-state index contributed by atoms with van der Waals surface area (Å²) < 4.78 is 11.2. The number of hydrogen-bond donors (Lipinski definition) is 0. The summed E-state index contributed by atoms with van der Waals surface area (Å²) in [6.45, 7) is 6.48. The van der Waals surface area contributed by atoms with Gasteiger partial charge < -0.3 is 9.47 Å². The van der Waals surface area contributed by atoms with Gasteiger partial charge >= 0.3 is 0 Å². The third-order valence-electron chi connectivity index (χ3n) is 4.27. The Morgan fingerprint density at radius 1 is 1.13 bits per heavy atom. The highest BCUT2D eigenvalue weighted by Gasteiger charge is 2.15. The molecule has 1 atom stereocenters. The Balaban J connectivity index is 1.63. The van der Waals surface area contributed by atoms with Crippen LogP contribution in [0.15, 0.2) is 36.5 Å². The first-order valence-corrected chi connectivity index (χ1v) is 8.12. The van der Waals surface area contributed by atoms with Crippen molar-refractivity contribution < 1.29 is 9.47 Å². The monoisotopic (exact) mass is 312 g/mol. The highest BCUT2D eigenvalue weighted by molar-refractivity contribution is 5.43. The second kappa shape index (κ2) is 7.01. The van der Waals surface area contributed by atoms with Gasteiger partial charge in [0.15, 0.2) is 11.5 Å². The number of benzene rings is 1. The normalized spacial score (nSPS) is 14.8. The molecule has 2 heterocycles. The van der Waals surface area contributed by atoms with Gasteiger partial charge in [-0.25, -0.2) is 0 Å². The van der Waals surface area contributed by atoms with Gasteiger partial charge in [-0.15, -0.1) is 0 Å². The molecule has 0 saturated carbocycles. The molecule has 23 heavy (non-hydrogen) atoms. The highest BCUT2D eigenvalue weighted by Crippen LogP contribution is 2.31. The van der Waals surface area contributed by atoms with E-state index in [2.05, 4.69) is 49.0 Å². The van der Waals surface area contributed by atoms with E-state index >= 15 is 0 Å². The van der Waals surface area contributed by atoms with Crippen molar-refractivity contribution in [3.63, 3.8) is 0 Å². The average Bonchev–Trinajstić information content (AvgIpc) is 2.54. The Morgan fingerprint density at radius 3 is 2.70 bits per heavy atom. The van der Waals surface area contributed by atoms with Crippen molar-refractivity contribution in [2.75, 3.05) is 20.3 Å². The van der Waals surface area contributed by atoms with Crippen LogP contribution in [-0.2, 0) is 13.0 Å². The standard InChI is InChI=1S/C19H24N2O2/c1-14-6-7-20-17(10-14)11-15(2)21(3)13-16-4-5-18-19(12-16)23-9-8-22-18/h4-7,10,12,15H,8-9,11,13H2,1-3H3. The van der Waals surface area contributed by atoms with Crippen molar-refractivity contribution in [3.05, 3.63) is 53.3 Å². The largest absolute Gasteiger partial charge is 0.486 e. The van der Waals surface area contributed by atoms with E-state index in [9.17, 15) is 0 Å². The number of rotatable bonds is 5. The molecule has 1 aromatic heterocycles. The van der Waals surface area contributed by atoms with Crippen LogP contribution in [0.4, 0.5) is 0 Å². The fourth-order valence-corrected chi connectivity index (χ4v) is 2.80. The molecular weight excluding hydrogens is 288 g/mol. The number of aromatic nitrogens is 1. The first kappa shape index (κ1) is 15.8. The van der Waals surface area contributed by atoms with Crippen LogP contribution in [0.3, 0.4) is 0 Å². The molecule has 3 rings (SSSR count). The van der Waals surface area contributed by atoms with Crippen molar-refractivity contribution in [2.24, 2.45) is 0 Å². The fraction of sp³-hybridized carbons (Fsp3) is 0.421. The molecule has 0 radical (unpaired) electrons. The number of likely N-dealkylation sites (N-methyl/N-ethyl adjacent to an activating group) is 1. The summed E-state index contributed by atoms with van der Waals surface area (Å²) in [5, 5.41) is 0. The maximum atomic E-state index is 5.66. The number of hydrogen-bond acceptors (Lipinski definition) is 4. The lowest BCUT2D eigenvalue weighted by Gasteiger charge is -2.25. The van der Waals surface area contributed by atoms with Gasteiger partial charge in [0, 0.05) is 30.9 Å². The maximum absolute atomic E-state index is 5.66. The fourth-order valence-electron chi connectivity index (χ4n) is 2.80. The van der Waals surface area contributed by atoms with Gasteiger partial charge in [0.05, 0.1) is 0 Å². The Bertz CT molecular complexity index is 672. The second-order valence-electron chi connectivity index (χ2n) is 6.27. The molecule has 122 valence electrons. The molecule has 1 aromatic carbocycles. The Morgan fingerprint density at radius 2 is 1.91 bits per heavy atom. The average molecular weight is 312 g/mol. The van der Waals surface area contributed by atoms with E-state index in [0.29, 0.717) is 19.3 Å². The van der Waals surface area contributed by atoms with E-state index in [0.717, 1.165) is 30.2 Å². The predicted molar refractivity (Wildman–Crippen MR) is 91.0 cm³/mol. The van der Waals surface area contributed by atoms with E-state index < -0.39 is 0 Å². The molecule has 0 fully saturated rings. The Hall–Kier alpha value is -2.07. The molecule has 1 aliphatic rings. The molecule has 0 saturated heterocycles. The maximum Gasteiger partial charge on any atom is 0.161 e. The van der Waals surface area contributed by atoms with Crippen LogP contribution in [0, 0.1) is 6.92 Å². The van der Waals surface area contributed by atoms with Gasteiger partial charge in [-0.1, -0.05) is 6.07 Å². The summed E-state index contributed by atoms with van der Waals surface area (Å²) in [5.74, 6) is 1.70. The minimum atomic E-state index is 0.414. The first-order chi connectivity index (χ1) is 11.1. The summed E-state index contributed by atoms with van der Waals surface area (Å²) >= 11 is 0. The van der Waals surface area contributed by atoms with E-state index in [1.54, 1.807) is 0 Å². The van der Waals surface area contributed by atoms with Gasteiger partial charge in [-0.3, -0.25) is 9.88 Å². The summed E-state index contributed by atoms with van der Waals surface area (Å²) in [7, 11) is 2.15. The van der Waals surface area contributed by atoms with Gasteiger partial charge in [-0.2, -0.15) is 0 Å². The molecule has 4 heteroatoms. The molecule has 1 unspecified atom stereocenters. The summed E-state index contributed by atoms with van der Waals surface area (Å²) in [4.78, 5) is 6.81. The van der Waals surface area contributed by atoms with Crippen LogP contribution in [0.2, 0.25) is 0 Å². The van der Waals surface area contributed by atoms with Gasteiger partial charge in [-0.05, 0) is 56.3 Å². The van der Waals surface area contributed by atoms with Crippen LogP contribution >= 0.6 is 0 Å². The zero-order valence-electron chi connectivity index (χ0n) is 14.1. The van der Waals surface area contributed by atoms with Crippen LogP contribution in [0.25, 0.3) is 0 Å². The molecule has 0 N–H and O–H groups in total. The molecular formula is C19H24N2O2. The van der Waals surface area contributed by atoms with Crippen LogP contribution in [0.1, 0.15) is 23.7 Å². The lowest BCUT2D eigenvalue weighted by atomic mass is 10.1. The summed E-state index contributed by atoms with van der Waals surface area (Å²) in [6, 6.07) is 10.8.